The van der Waals surface area contributed by atoms with E-state index >= 15 is 0 Å². The van der Waals surface area contributed by atoms with Crippen molar-refractivity contribution >= 4 is 17.7 Å². The van der Waals surface area contributed by atoms with Gasteiger partial charge in [0.1, 0.15) is 5.70 Å². The topological polar surface area (TPSA) is 81.8 Å². The van der Waals surface area contributed by atoms with Crippen LogP contribution in [-0.2, 0) is 29.2 Å². The van der Waals surface area contributed by atoms with Gasteiger partial charge in [-0.1, -0.05) is 42.5 Å². The number of piperidine rings is 1. The van der Waals surface area contributed by atoms with Crippen molar-refractivity contribution in [3.8, 4) is 0 Å². The summed E-state index contributed by atoms with van der Waals surface area (Å²) in [6.07, 6.45) is 3.99. The van der Waals surface area contributed by atoms with Gasteiger partial charge in [0, 0.05) is 37.7 Å². The molecule has 170 valence electrons. The minimum absolute atomic E-state index is 0.110. The van der Waals surface area contributed by atoms with E-state index in [1.807, 2.05) is 12.1 Å². The molecule has 1 fully saturated rings. The van der Waals surface area contributed by atoms with E-state index in [1.54, 1.807) is 0 Å². The number of imide groups is 1. The van der Waals surface area contributed by atoms with Gasteiger partial charge < -0.3 is 5.32 Å². The Kier molecular flexibility index (Phi) is 6.07. The summed E-state index contributed by atoms with van der Waals surface area (Å²) in [5.41, 5.74) is 4.27. The van der Waals surface area contributed by atoms with Crippen molar-refractivity contribution in [1.82, 2.24) is 20.4 Å². The van der Waals surface area contributed by atoms with E-state index in [1.165, 1.54) is 23.0 Å². The number of amides is 3. The van der Waals surface area contributed by atoms with Crippen LogP contribution in [0, 0.1) is 0 Å². The van der Waals surface area contributed by atoms with E-state index in [4.69, 9.17) is 0 Å². The van der Waals surface area contributed by atoms with Gasteiger partial charge in [0.25, 0.3) is 11.8 Å². The molecule has 3 aliphatic heterocycles. The summed E-state index contributed by atoms with van der Waals surface area (Å²) in [4.78, 5) is 40.4. The second kappa shape index (κ2) is 9.29. The van der Waals surface area contributed by atoms with E-state index in [-0.39, 0.29) is 23.9 Å². The largest absolute Gasteiger partial charge is 0.309 e. The monoisotopic (exact) mass is 444 g/mol. The SMILES string of the molecule is O=C1CC=C(N2Cc3cc(CN[C@@H]4CCCN(Cc5ccccc5)C4)ccc3C2=O)C(=O)N1. The molecule has 0 bridgehead atoms. The van der Waals surface area contributed by atoms with Gasteiger partial charge in [-0.25, -0.2) is 0 Å². The first kappa shape index (κ1) is 21.6. The number of rotatable bonds is 6. The summed E-state index contributed by atoms with van der Waals surface area (Å²) >= 11 is 0. The Hall–Kier alpha value is -3.29. The van der Waals surface area contributed by atoms with Crippen LogP contribution in [-0.4, -0.2) is 46.7 Å². The van der Waals surface area contributed by atoms with E-state index in [2.05, 4.69) is 51.9 Å². The molecule has 0 aliphatic carbocycles. The molecule has 0 unspecified atom stereocenters. The van der Waals surface area contributed by atoms with Gasteiger partial charge in [0.2, 0.25) is 5.91 Å². The molecule has 5 rings (SSSR count). The molecule has 7 nitrogen and oxygen atoms in total. The maximum atomic E-state index is 12.8. The number of hydrogen-bond donors (Lipinski definition) is 2. The zero-order valence-corrected chi connectivity index (χ0v) is 18.5. The second-order valence-corrected chi connectivity index (χ2v) is 8.99. The lowest BCUT2D eigenvalue weighted by atomic mass is 10.0. The number of hydrogen-bond acceptors (Lipinski definition) is 5. The minimum atomic E-state index is -0.508. The Labute approximate surface area is 193 Å². The molecule has 0 spiro atoms. The Morgan fingerprint density at radius 2 is 1.88 bits per heavy atom. The highest BCUT2D eigenvalue weighted by Crippen LogP contribution is 2.28. The van der Waals surface area contributed by atoms with Gasteiger partial charge in [-0.15, -0.1) is 0 Å². The van der Waals surface area contributed by atoms with Gasteiger partial charge in [-0.3, -0.25) is 29.5 Å². The van der Waals surface area contributed by atoms with Crippen molar-refractivity contribution in [3.63, 3.8) is 0 Å². The molecule has 1 atom stereocenters. The number of likely N-dealkylation sites (tertiary alicyclic amines) is 1. The quantitative estimate of drug-likeness (QED) is 0.669. The molecule has 3 heterocycles. The van der Waals surface area contributed by atoms with Crippen LogP contribution in [0.5, 0.6) is 0 Å². The average Bonchev–Trinajstić information content (AvgIpc) is 3.14. The van der Waals surface area contributed by atoms with Crippen LogP contribution in [0.4, 0.5) is 0 Å². The molecule has 0 radical (unpaired) electrons. The number of benzene rings is 2. The molecular formula is C26H28N4O3. The lowest BCUT2D eigenvalue weighted by Gasteiger charge is -2.33. The standard InChI is InChI=1S/C26H28N4O3/c31-24-11-10-23(25(32)28-24)30-16-20-13-19(8-9-22(20)26(30)33)14-27-21-7-4-12-29(17-21)15-18-5-2-1-3-6-18/h1-3,5-6,8-10,13,21,27H,4,7,11-12,14-17H2,(H,28,31,32)/t21-/m1/s1. The van der Waals surface area contributed by atoms with Crippen molar-refractivity contribution in [1.29, 1.82) is 0 Å². The third kappa shape index (κ3) is 4.74. The molecule has 2 aromatic carbocycles. The second-order valence-electron chi connectivity index (χ2n) is 8.99. The van der Waals surface area contributed by atoms with Crippen LogP contribution in [0.25, 0.3) is 0 Å². The first-order valence-corrected chi connectivity index (χ1v) is 11.5. The average molecular weight is 445 g/mol. The van der Waals surface area contributed by atoms with Gasteiger partial charge in [0.05, 0.1) is 6.54 Å². The third-order valence-electron chi connectivity index (χ3n) is 6.58. The van der Waals surface area contributed by atoms with Crippen LogP contribution in [0.15, 0.2) is 60.3 Å². The Balaban J connectivity index is 1.19. The molecular weight excluding hydrogens is 416 g/mol. The van der Waals surface area contributed by atoms with E-state index < -0.39 is 5.91 Å². The molecule has 7 heteroatoms. The maximum Gasteiger partial charge on any atom is 0.274 e. The van der Waals surface area contributed by atoms with Crippen LogP contribution >= 0.6 is 0 Å². The number of carbonyl (C=O) groups excluding carboxylic acids is 3. The molecule has 2 aromatic rings. The summed E-state index contributed by atoms with van der Waals surface area (Å²) in [6.45, 7) is 4.21. The highest BCUT2D eigenvalue weighted by Gasteiger charge is 2.34. The van der Waals surface area contributed by atoms with Crippen LogP contribution < -0.4 is 10.6 Å². The summed E-state index contributed by atoms with van der Waals surface area (Å²) in [5.74, 6) is -1.04. The van der Waals surface area contributed by atoms with Crippen LogP contribution in [0.3, 0.4) is 0 Å². The predicted molar refractivity (Wildman–Crippen MR) is 124 cm³/mol. The molecule has 1 saturated heterocycles. The predicted octanol–water partition coefficient (Wildman–Crippen LogP) is 2.33. The van der Waals surface area contributed by atoms with Crippen molar-refractivity contribution in [2.24, 2.45) is 0 Å². The molecule has 3 amide bonds. The fourth-order valence-corrected chi connectivity index (χ4v) is 4.90. The molecule has 0 aromatic heterocycles. The first-order chi connectivity index (χ1) is 16.1. The van der Waals surface area contributed by atoms with Crippen molar-refractivity contribution in [2.45, 2.75) is 44.9 Å². The zero-order chi connectivity index (χ0) is 22.8. The Morgan fingerprint density at radius 1 is 1.03 bits per heavy atom. The molecule has 3 aliphatic rings. The third-order valence-corrected chi connectivity index (χ3v) is 6.58. The normalized spacial score (nSPS) is 21.1. The highest BCUT2D eigenvalue weighted by atomic mass is 16.2. The molecule has 2 N–H and O–H groups in total. The van der Waals surface area contributed by atoms with Crippen LogP contribution in [0.1, 0.15) is 46.3 Å². The van der Waals surface area contributed by atoms with Crippen molar-refractivity contribution < 1.29 is 14.4 Å². The number of nitrogens with one attached hydrogen (secondary N) is 2. The summed E-state index contributed by atoms with van der Waals surface area (Å²) in [7, 11) is 0. The Morgan fingerprint density at radius 3 is 2.70 bits per heavy atom. The summed E-state index contributed by atoms with van der Waals surface area (Å²) < 4.78 is 0. The minimum Gasteiger partial charge on any atom is -0.309 e. The summed E-state index contributed by atoms with van der Waals surface area (Å²) in [6, 6.07) is 16.9. The summed E-state index contributed by atoms with van der Waals surface area (Å²) in [5, 5.41) is 5.98. The lowest BCUT2D eigenvalue weighted by molar-refractivity contribution is -0.129. The van der Waals surface area contributed by atoms with Gasteiger partial charge >= 0.3 is 0 Å². The lowest BCUT2D eigenvalue weighted by Crippen LogP contribution is -2.45. The van der Waals surface area contributed by atoms with Gasteiger partial charge in [0.15, 0.2) is 0 Å². The highest BCUT2D eigenvalue weighted by molar-refractivity contribution is 6.11. The van der Waals surface area contributed by atoms with Crippen molar-refractivity contribution in [2.75, 3.05) is 13.1 Å². The van der Waals surface area contributed by atoms with E-state index in [0.717, 1.165) is 43.7 Å². The van der Waals surface area contributed by atoms with Gasteiger partial charge in [-0.05, 0) is 48.2 Å². The zero-order valence-electron chi connectivity index (χ0n) is 18.5. The number of nitrogens with zero attached hydrogens (tertiary/aromatic N) is 2. The molecule has 33 heavy (non-hydrogen) atoms. The maximum absolute atomic E-state index is 12.8. The van der Waals surface area contributed by atoms with E-state index in [0.29, 0.717) is 18.2 Å². The smallest absolute Gasteiger partial charge is 0.274 e. The fourth-order valence-electron chi connectivity index (χ4n) is 4.90. The van der Waals surface area contributed by atoms with E-state index in [9.17, 15) is 14.4 Å². The van der Waals surface area contributed by atoms with Crippen molar-refractivity contribution in [3.05, 3.63) is 82.6 Å². The first-order valence-electron chi connectivity index (χ1n) is 11.5. The Bertz CT molecular complexity index is 1110. The fraction of sp³-hybridized carbons (Fsp3) is 0.346. The molecule has 0 saturated carbocycles. The van der Waals surface area contributed by atoms with Crippen LogP contribution in [0.2, 0.25) is 0 Å². The number of carbonyl (C=O) groups is 3. The van der Waals surface area contributed by atoms with Gasteiger partial charge in [-0.2, -0.15) is 0 Å². The number of fused-ring (bicyclic) bond motifs is 1.